The summed E-state index contributed by atoms with van der Waals surface area (Å²) in [5.41, 5.74) is 0. The summed E-state index contributed by atoms with van der Waals surface area (Å²) in [4.78, 5) is 14.4. The minimum atomic E-state index is 0. The molecule has 2 fully saturated rings. The van der Waals surface area contributed by atoms with Crippen LogP contribution in [0.4, 0.5) is 0 Å². The maximum absolute atomic E-state index is 11.6. The predicted octanol–water partition coefficient (Wildman–Crippen LogP) is 3.76. The molecule has 102 valence electrons. The average molecular weight is 436 g/mol. The highest BCUT2D eigenvalue weighted by Gasteiger charge is 2.39. The smallest absolute Gasteiger partial charge is 0.146 e. The Morgan fingerprint density at radius 3 is 2.76 bits per heavy atom. The van der Waals surface area contributed by atoms with Gasteiger partial charge in [-0.15, -0.1) is 34.0 Å². The van der Waals surface area contributed by atoms with Crippen LogP contribution in [0, 0.1) is 5.92 Å². The van der Waals surface area contributed by atoms with Crippen LogP contribution in [-0.4, -0.2) is 34.6 Å². The van der Waals surface area contributed by atoms with Crippen LogP contribution in [0.25, 0.3) is 0 Å². The summed E-state index contributed by atoms with van der Waals surface area (Å²) in [7, 11) is 0. The van der Waals surface area contributed by atoms with E-state index in [1.165, 1.54) is 32.4 Å². The van der Waals surface area contributed by atoms with Crippen LogP contribution in [-0.2, 0) is 4.79 Å². The van der Waals surface area contributed by atoms with E-state index in [0.29, 0.717) is 17.7 Å². The SMILES string of the molecule is Br.Br.CCCN1CCC[C@H]2CC(=O)C(Br)C[C@@H]21. The number of piperidine rings is 1. The molecule has 5 heteroatoms. The van der Waals surface area contributed by atoms with Gasteiger partial charge >= 0.3 is 0 Å². The van der Waals surface area contributed by atoms with Gasteiger partial charge in [0.15, 0.2) is 0 Å². The molecule has 2 rings (SSSR count). The van der Waals surface area contributed by atoms with E-state index < -0.39 is 0 Å². The number of halogens is 3. The summed E-state index contributed by atoms with van der Waals surface area (Å²) in [6.45, 7) is 4.68. The van der Waals surface area contributed by atoms with Crippen molar-refractivity contribution in [1.29, 1.82) is 0 Å². The summed E-state index contributed by atoms with van der Waals surface area (Å²) in [6.07, 6.45) is 5.60. The van der Waals surface area contributed by atoms with Crippen molar-refractivity contribution in [1.82, 2.24) is 4.90 Å². The Morgan fingerprint density at radius 2 is 2.12 bits per heavy atom. The molecule has 3 atom stereocenters. The molecule has 17 heavy (non-hydrogen) atoms. The molecule has 1 aliphatic heterocycles. The highest BCUT2D eigenvalue weighted by molar-refractivity contribution is 9.10. The number of rotatable bonds is 2. The van der Waals surface area contributed by atoms with Crippen molar-refractivity contribution in [2.24, 2.45) is 5.92 Å². The van der Waals surface area contributed by atoms with Gasteiger partial charge in [-0.25, -0.2) is 0 Å². The molecule has 0 spiro atoms. The number of likely N-dealkylation sites (tertiary alicyclic amines) is 1. The number of nitrogens with zero attached hydrogens (tertiary/aromatic N) is 1. The number of alkyl halides is 1. The second-order valence-corrected chi connectivity index (χ2v) is 5.98. The largest absolute Gasteiger partial charge is 0.300 e. The minimum absolute atomic E-state index is 0. The topological polar surface area (TPSA) is 20.3 Å². The first kappa shape index (κ1) is 18.1. The lowest BCUT2D eigenvalue weighted by Crippen LogP contribution is -2.51. The lowest BCUT2D eigenvalue weighted by Gasteiger charge is -2.44. The van der Waals surface area contributed by atoms with Crippen molar-refractivity contribution >= 4 is 55.7 Å². The van der Waals surface area contributed by atoms with Crippen LogP contribution in [0.2, 0.25) is 0 Å². The fourth-order valence-corrected chi connectivity index (χ4v) is 3.66. The number of fused-ring (bicyclic) bond motifs is 1. The Bertz CT molecular complexity index is 248. The highest BCUT2D eigenvalue weighted by atomic mass is 79.9. The molecule has 1 heterocycles. The molecule has 0 aromatic carbocycles. The Kier molecular flexibility index (Phi) is 8.80. The van der Waals surface area contributed by atoms with E-state index >= 15 is 0 Å². The highest BCUT2D eigenvalue weighted by Crippen LogP contribution is 2.36. The number of hydrogen-bond acceptors (Lipinski definition) is 2. The van der Waals surface area contributed by atoms with Gasteiger partial charge in [-0.1, -0.05) is 22.9 Å². The maximum atomic E-state index is 11.6. The summed E-state index contributed by atoms with van der Waals surface area (Å²) in [5.74, 6) is 1.07. The Morgan fingerprint density at radius 1 is 1.41 bits per heavy atom. The normalized spacial score (nSPS) is 33.3. The monoisotopic (exact) mass is 433 g/mol. The Hall–Kier alpha value is 1.07. The molecular formula is C12H22Br3NO. The molecule has 0 aromatic rings. The van der Waals surface area contributed by atoms with Crippen molar-refractivity contribution in [3.05, 3.63) is 0 Å². The first-order valence-electron chi connectivity index (χ1n) is 6.13. The van der Waals surface area contributed by atoms with Crippen LogP contribution < -0.4 is 0 Å². The summed E-state index contributed by atoms with van der Waals surface area (Å²) in [6, 6.07) is 0.667. The second kappa shape index (κ2) is 8.28. The molecule has 2 aliphatic rings. The van der Waals surface area contributed by atoms with Gasteiger partial charge in [0.2, 0.25) is 0 Å². The second-order valence-electron chi connectivity index (χ2n) is 4.88. The van der Waals surface area contributed by atoms with Gasteiger partial charge in [-0.05, 0) is 44.7 Å². The zero-order chi connectivity index (χ0) is 10.8. The molecule has 0 amide bonds. The van der Waals surface area contributed by atoms with Gasteiger partial charge in [0.1, 0.15) is 5.78 Å². The maximum Gasteiger partial charge on any atom is 0.146 e. The number of ketones is 1. The quantitative estimate of drug-likeness (QED) is 0.615. The van der Waals surface area contributed by atoms with Gasteiger partial charge in [0.25, 0.3) is 0 Å². The van der Waals surface area contributed by atoms with Crippen molar-refractivity contribution in [2.75, 3.05) is 13.1 Å². The Balaban J connectivity index is 0.00000128. The van der Waals surface area contributed by atoms with Crippen molar-refractivity contribution in [3.63, 3.8) is 0 Å². The molecule has 1 saturated carbocycles. The standard InChI is InChI=1S/C12H20BrNO.2BrH/c1-2-5-14-6-3-4-9-7-12(15)10(13)8-11(9)14;;/h9-11H,2-8H2,1H3;2*1H/t9-,10?,11-;;/m0../s1. The summed E-state index contributed by atoms with van der Waals surface area (Å²) < 4.78 is 0. The summed E-state index contributed by atoms with van der Waals surface area (Å²) >= 11 is 3.52. The first-order valence-corrected chi connectivity index (χ1v) is 7.04. The van der Waals surface area contributed by atoms with E-state index in [-0.39, 0.29) is 38.8 Å². The zero-order valence-electron chi connectivity index (χ0n) is 10.2. The molecule has 0 aromatic heterocycles. The van der Waals surface area contributed by atoms with Gasteiger partial charge < -0.3 is 4.90 Å². The van der Waals surface area contributed by atoms with E-state index in [2.05, 4.69) is 27.8 Å². The Labute approximate surface area is 134 Å². The number of carbonyl (C=O) groups is 1. The predicted molar refractivity (Wildman–Crippen MR) is 86.0 cm³/mol. The molecule has 1 aliphatic carbocycles. The molecule has 2 nitrogen and oxygen atoms in total. The van der Waals surface area contributed by atoms with Crippen LogP contribution in [0.5, 0.6) is 0 Å². The van der Waals surface area contributed by atoms with Crippen molar-refractivity contribution in [3.8, 4) is 0 Å². The third-order valence-electron chi connectivity index (χ3n) is 3.81. The molecule has 1 unspecified atom stereocenters. The molecule has 0 N–H and O–H groups in total. The van der Waals surface area contributed by atoms with Crippen LogP contribution in [0.1, 0.15) is 39.0 Å². The van der Waals surface area contributed by atoms with Crippen LogP contribution in [0.3, 0.4) is 0 Å². The number of hydrogen-bond donors (Lipinski definition) is 0. The number of Topliss-reactive ketones (excluding diaryl/α,β-unsaturated/α-hetero) is 1. The van der Waals surface area contributed by atoms with E-state index in [1.807, 2.05) is 0 Å². The minimum Gasteiger partial charge on any atom is -0.300 e. The fraction of sp³-hybridized carbons (Fsp3) is 0.917. The summed E-state index contributed by atoms with van der Waals surface area (Å²) in [5, 5.41) is 0. The van der Waals surface area contributed by atoms with E-state index in [1.54, 1.807) is 0 Å². The van der Waals surface area contributed by atoms with Gasteiger partial charge in [-0.3, -0.25) is 4.79 Å². The van der Waals surface area contributed by atoms with Gasteiger partial charge in [0, 0.05) is 12.5 Å². The van der Waals surface area contributed by atoms with E-state index in [4.69, 9.17) is 0 Å². The third-order valence-corrected chi connectivity index (χ3v) is 4.69. The van der Waals surface area contributed by atoms with Gasteiger partial charge in [0.05, 0.1) is 4.83 Å². The first-order chi connectivity index (χ1) is 7.22. The average Bonchev–Trinajstić information content (AvgIpc) is 2.21. The molecule has 0 radical (unpaired) electrons. The lowest BCUT2D eigenvalue weighted by molar-refractivity contribution is -0.123. The van der Waals surface area contributed by atoms with Crippen LogP contribution >= 0.6 is 49.9 Å². The fourth-order valence-electron chi connectivity index (χ4n) is 3.09. The van der Waals surface area contributed by atoms with Crippen molar-refractivity contribution < 1.29 is 4.79 Å². The van der Waals surface area contributed by atoms with Crippen molar-refractivity contribution in [2.45, 2.75) is 49.9 Å². The van der Waals surface area contributed by atoms with Crippen LogP contribution in [0.15, 0.2) is 0 Å². The molecular weight excluding hydrogens is 414 g/mol. The molecule has 1 saturated heterocycles. The third kappa shape index (κ3) is 4.29. The van der Waals surface area contributed by atoms with E-state index in [9.17, 15) is 4.79 Å². The van der Waals surface area contributed by atoms with E-state index in [0.717, 1.165) is 12.8 Å². The number of carbonyl (C=O) groups excluding carboxylic acids is 1. The lowest BCUT2D eigenvalue weighted by atomic mass is 9.77. The molecule has 0 bridgehead atoms. The zero-order valence-corrected chi connectivity index (χ0v) is 15.2. The van der Waals surface area contributed by atoms with Gasteiger partial charge in [-0.2, -0.15) is 0 Å².